The van der Waals surface area contributed by atoms with Crippen molar-refractivity contribution in [3.63, 3.8) is 0 Å². The first-order valence-corrected chi connectivity index (χ1v) is 14.0. The molecule has 0 saturated carbocycles. The predicted molar refractivity (Wildman–Crippen MR) is 138 cm³/mol. The Kier molecular flexibility index (Phi) is 10.8. The Bertz CT molecular complexity index is 1180. The molecular formula is C25H31ClF3N3O4S. The van der Waals surface area contributed by atoms with Gasteiger partial charge in [0.2, 0.25) is 21.8 Å². The van der Waals surface area contributed by atoms with E-state index in [1.165, 1.54) is 4.90 Å². The highest BCUT2D eigenvalue weighted by molar-refractivity contribution is 7.92. The molecule has 2 amide bonds. The number of carbonyl (C=O) groups is 2. The van der Waals surface area contributed by atoms with Crippen LogP contribution in [0.25, 0.3) is 0 Å². The summed E-state index contributed by atoms with van der Waals surface area (Å²) in [7, 11) is -4.24. The highest BCUT2D eigenvalue weighted by Gasteiger charge is 2.35. The van der Waals surface area contributed by atoms with Crippen molar-refractivity contribution in [3.8, 4) is 0 Å². The molecule has 0 aliphatic heterocycles. The molecule has 1 atom stereocenters. The van der Waals surface area contributed by atoms with Crippen molar-refractivity contribution in [1.29, 1.82) is 0 Å². The Hall–Kier alpha value is -2.79. The van der Waals surface area contributed by atoms with Crippen LogP contribution in [0.3, 0.4) is 0 Å². The zero-order chi connectivity index (χ0) is 27.8. The van der Waals surface area contributed by atoms with E-state index in [0.29, 0.717) is 22.5 Å². The molecule has 12 heteroatoms. The van der Waals surface area contributed by atoms with Crippen molar-refractivity contribution in [2.75, 3.05) is 23.7 Å². The highest BCUT2D eigenvalue weighted by Crippen LogP contribution is 2.36. The van der Waals surface area contributed by atoms with Crippen LogP contribution >= 0.6 is 11.6 Å². The van der Waals surface area contributed by atoms with Crippen LogP contribution < -0.4 is 9.62 Å². The monoisotopic (exact) mass is 561 g/mol. The molecule has 0 bridgehead atoms. The summed E-state index contributed by atoms with van der Waals surface area (Å²) in [6.45, 7) is 3.24. The molecule has 2 aromatic rings. The molecule has 7 nitrogen and oxygen atoms in total. The van der Waals surface area contributed by atoms with Crippen molar-refractivity contribution in [2.45, 2.75) is 51.9 Å². The maximum absolute atomic E-state index is 13.6. The van der Waals surface area contributed by atoms with Crippen LogP contribution in [0.15, 0.2) is 48.5 Å². The van der Waals surface area contributed by atoms with E-state index in [4.69, 9.17) is 11.6 Å². The maximum Gasteiger partial charge on any atom is 0.416 e. The summed E-state index contributed by atoms with van der Waals surface area (Å²) in [5.41, 5.74) is -0.901. The molecule has 0 aliphatic carbocycles. The van der Waals surface area contributed by atoms with Gasteiger partial charge in [-0.05, 0) is 36.6 Å². The van der Waals surface area contributed by atoms with E-state index < -0.39 is 51.9 Å². The minimum atomic E-state index is -4.75. The van der Waals surface area contributed by atoms with Gasteiger partial charge in [0.15, 0.2) is 0 Å². The van der Waals surface area contributed by atoms with E-state index in [0.717, 1.165) is 31.2 Å². The van der Waals surface area contributed by atoms with Gasteiger partial charge in [-0.2, -0.15) is 13.2 Å². The first-order valence-electron chi connectivity index (χ1n) is 11.7. The Morgan fingerprint density at radius 3 is 2.27 bits per heavy atom. The number of halogens is 4. The molecule has 1 unspecified atom stereocenters. The van der Waals surface area contributed by atoms with Crippen LogP contribution in [0, 0.1) is 0 Å². The number of alkyl halides is 3. The van der Waals surface area contributed by atoms with Crippen molar-refractivity contribution < 1.29 is 31.2 Å². The van der Waals surface area contributed by atoms with E-state index in [1.807, 2.05) is 6.92 Å². The quantitative estimate of drug-likeness (QED) is 0.375. The highest BCUT2D eigenvalue weighted by atomic mass is 35.5. The van der Waals surface area contributed by atoms with Crippen LogP contribution in [0.4, 0.5) is 18.9 Å². The van der Waals surface area contributed by atoms with Crippen LogP contribution in [-0.4, -0.2) is 50.5 Å². The summed E-state index contributed by atoms with van der Waals surface area (Å²) in [5, 5.41) is 2.52. The van der Waals surface area contributed by atoms with E-state index >= 15 is 0 Å². The third-order valence-corrected chi connectivity index (χ3v) is 7.08. The molecule has 0 fully saturated rings. The summed E-state index contributed by atoms with van der Waals surface area (Å²) in [6, 6.07) is 10.1. The zero-order valence-corrected chi connectivity index (χ0v) is 22.5. The smallest absolute Gasteiger partial charge is 0.354 e. The molecule has 0 radical (unpaired) electrons. The summed E-state index contributed by atoms with van der Waals surface area (Å²) in [5.74, 6) is -1.16. The average Bonchev–Trinajstić information content (AvgIpc) is 2.82. The summed E-state index contributed by atoms with van der Waals surface area (Å²) < 4.78 is 65.8. The fraction of sp³-hybridized carbons (Fsp3) is 0.440. The lowest BCUT2D eigenvalue weighted by Gasteiger charge is -2.33. The first kappa shape index (κ1) is 30.4. The van der Waals surface area contributed by atoms with Crippen LogP contribution in [0.5, 0.6) is 0 Å². The summed E-state index contributed by atoms with van der Waals surface area (Å²) in [6.07, 6.45) is -2.15. The average molecular weight is 562 g/mol. The van der Waals surface area contributed by atoms with Crippen molar-refractivity contribution in [3.05, 3.63) is 64.7 Å². The van der Waals surface area contributed by atoms with Crippen molar-refractivity contribution in [1.82, 2.24) is 10.2 Å². The number of anilines is 1. The van der Waals surface area contributed by atoms with Crippen LogP contribution in [0.2, 0.25) is 5.02 Å². The molecule has 0 heterocycles. The Morgan fingerprint density at radius 1 is 1.08 bits per heavy atom. The predicted octanol–water partition coefficient (Wildman–Crippen LogP) is 4.85. The molecule has 204 valence electrons. The number of hydrogen-bond donors (Lipinski definition) is 1. The SMILES string of the molecule is CCCCNC(=O)C(CC)N(Cc1ccccc1)C(=O)CN(c1cc(C(F)(F)F)ccc1Cl)S(C)(=O)=O. The number of hydrogen-bond acceptors (Lipinski definition) is 4. The molecule has 0 spiro atoms. The Balaban J connectivity index is 2.48. The van der Waals surface area contributed by atoms with Gasteiger partial charge in [0.1, 0.15) is 12.6 Å². The van der Waals surface area contributed by atoms with Gasteiger partial charge in [-0.15, -0.1) is 0 Å². The molecule has 0 saturated heterocycles. The first-order chi connectivity index (χ1) is 17.3. The van der Waals surface area contributed by atoms with Crippen molar-refractivity contribution in [2.24, 2.45) is 0 Å². The van der Waals surface area contributed by atoms with Gasteiger partial charge in [-0.25, -0.2) is 8.42 Å². The van der Waals surface area contributed by atoms with Gasteiger partial charge in [0.25, 0.3) is 0 Å². The molecule has 2 rings (SSSR count). The van der Waals surface area contributed by atoms with Gasteiger partial charge in [-0.3, -0.25) is 13.9 Å². The van der Waals surface area contributed by atoms with Crippen LogP contribution in [-0.2, 0) is 32.3 Å². The van der Waals surface area contributed by atoms with E-state index in [-0.39, 0.29) is 18.0 Å². The molecule has 0 aromatic heterocycles. The van der Waals surface area contributed by atoms with E-state index in [9.17, 15) is 31.2 Å². The number of rotatable bonds is 12. The van der Waals surface area contributed by atoms with E-state index in [1.54, 1.807) is 37.3 Å². The number of nitrogens with zero attached hydrogens (tertiary/aromatic N) is 2. The summed E-state index contributed by atoms with van der Waals surface area (Å²) >= 11 is 6.09. The molecule has 0 aliphatic rings. The second-order valence-electron chi connectivity index (χ2n) is 8.51. The largest absolute Gasteiger partial charge is 0.416 e. The lowest BCUT2D eigenvalue weighted by atomic mass is 10.1. The summed E-state index contributed by atoms with van der Waals surface area (Å²) in [4.78, 5) is 27.8. The minimum absolute atomic E-state index is 0.00664. The zero-order valence-electron chi connectivity index (χ0n) is 20.9. The van der Waals surface area contributed by atoms with E-state index in [2.05, 4.69) is 5.32 Å². The minimum Gasteiger partial charge on any atom is -0.354 e. The lowest BCUT2D eigenvalue weighted by Crippen LogP contribution is -2.52. The number of amides is 2. The molecular weight excluding hydrogens is 531 g/mol. The number of unbranched alkanes of at least 4 members (excludes halogenated alkanes) is 1. The number of benzene rings is 2. The maximum atomic E-state index is 13.6. The topological polar surface area (TPSA) is 86.8 Å². The Morgan fingerprint density at radius 2 is 1.73 bits per heavy atom. The molecule has 2 aromatic carbocycles. The normalized spacial score (nSPS) is 12.6. The Labute approximate surface area is 220 Å². The third kappa shape index (κ3) is 8.63. The van der Waals surface area contributed by atoms with Gasteiger partial charge in [-0.1, -0.05) is 62.2 Å². The van der Waals surface area contributed by atoms with Gasteiger partial charge < -0.3 is 10.2 Å². The van der Waals surface area contributed by atoms with Crippen molar-refractivity contribution >= 4 is 39.1 Å². The standard InChI is InChI=1S/C25H31ClF3N3O4S/c1-4-6-14-30-24(34)21(5-2)31(16-18-10-8-7-9-11-18)23(33)17-32(37(3,35)36)22-15-19(25(27,28)29)12-13-20(22)26/h7-13,15,21H,4-6,14,16-17H2,1-3H3,(H,30,34). The number of carbonyl (C=O) groups excluding carboxylic acids is 2. The second-order valence-corrected chi connectivity index (χ2v) is 10.8. The molecule has 1 N–H and O–H groups in total. The van der Waals surface area contributed by atoms with Gasteiger partial charge >= 0.3 is 6.18 Å². The molecule has 37 heavy (non-hydrogen) atoms. The van der Waals surface area contributed by atoms with Gasteiger partial charge in [0, 0.05) is 13.1 Å². The van der Waals surface area contributed by atoms with Gasteiger partial charge in [0.05, 0.1) is 22.5 Å². The fourth-order valence-corrected chi connectivity index (χ4v) is 4.80. The number of nitrogens with one attached hydrogen (secondary N) is 1. The van der Waals surface area contributed by atoms with Crippen LogP contribution in [0.1, 0.15) is 44.2 Å². The third-order valence-electron chi connectivity index (χ3n) is 5.63. The fourth-order valence-electron chi connectivity index (χ4n) is 3.68. The lowest BCUT2D eigenvalue weighted by molar-refractivity contribution is -0.140. The number of sulfonamides is 1. The second kappa shape index (κ2) is 13.1.